The summed E-state index contributed by atoms with van der Waals surface area (Å²) in [6.07, 6.45) is 0. The Bertz CT molecular complexity index is 1020. The van der Waals surface area contributed by atoms with E-state index in [0.717, 1.165) is 11.4 Å². The first kappa shape index (κ1) is 18.1. The molecular weight excluding hydrogens is 403 g/mol. The summed E-state index contributed by atoms with van der Waals surface area (Å²) >= 11 is 3.54. The fourth-order valence-corrected chi connectivity index (χ4v) is 3.73. The summed E-state index contributed by atoms with van der Waals surface area (Å²) in [6.45, 7) is 3.87. The fraction of sp³-hybridized carbons (Fsp3) is 0.167. The highest BCUT2D eigenvalue weighted by Gasteiger charge is 2.26. The maximum absolute atomic E-state index is 14.0. The van der Waals surface area contributed by atoms with Gasteiger partial charge in [0.2, 0.25) is 0 Å². The van der Waals surface area contributed by atoms with Crippen LogP contribution in [0.5, 0.6) is 5.75 Å². The second kappa shape index (κ2) is 6.53. The van der Waals surface area contributed by atoms with Gasteiger partial charge in [-0.15, -0.1) is 0 Å². The van der Waals surface area contributed by atoms with Gasteiger partial charge in [0, 0.05) is 24.0 Å². The third-order valence-electron chi connectivity index (χ3n) is 4.38. The van der Waals surface area contributed by atoms with Crippen LogP contribution in [0.25, 0.3) is 16.8 Å². The van der Waals surface area contributed by atoms with Crippen molar-refractivity contribution in [1.29, 1.82) is 0 Å². The first-order valence-electron chi connectivity index (χ1n) is 7.78. The van der Waals surface area contributed by atoms with Crippen molar-refractivity contribution in [2.75, 3.05) is 0 Å². The Balaban J connectivity index is 2.47. The monoisotopic (exact) mass is 420 g/mol. The zero-order valence-electron chi connectivity index (χ0n) is 14.5. The number of aromatic hydroxyl groups is 1. The van der Waals surface area contributed by atoms with Gasteiger partial charge in [0.05, 0.1) is 10.3 Å². The number of nitrogens with zero attached hydrogens (tertiary/aromatic N) is 3. The van der Waals surface area contributed by atoms with Crippen molar-refractivity contribution >= 4 is 21.8 Å². The smallest absolute Gasteiger partial charge is 0.188 e. The van der Waals surface area contributed by atoms with Crippen molar-refractivity contribution in [2.45, 2.75) is 13.8 Å². The van der Waals surface area contributed by atoms with Gasteiger partial charge in [-0.1, -0.05) is 11.2 Å². The zero-order valence-corrected chi connectivity index (χ0v) is 16.0. The maximum Gasteiger partial charge on any atom is 0.188 e. The van der Waals surface area contributed by atoms with Crippen LogP contribution in [0.4, 0.5) is 4.39 Å². The minimum atomic E-state index is -0.726. The lowest BCUT2D eigenvalue weighted by Gasteiger charge is -2.14. The topological polar surface area (TPSA) is 88.7 Å². The molecule has 0 amide bonds. The molecule has 0 unspecified atom stereocenters. The van der Waals surface area contributed by atoms with Crippen LogP contribution in [0.1, 0.15) is 17.1 Å². The van der Waals surface area contributed by atoms with E-state index in [1.54, 1.807) is 17.7 Å². The molecule has 0 fully saturated rings. The summed E-state index contributed by atoms with van der Waals surface area (Å²) in [6, 6.07) is 8.07. The minimum absolute atomic E-state index is 0.0683. The maximum atomic E-state index is 14.0. The van der Waals surface area contributed by atoms with Crippen LogP contribution in [-0.4, -0.2) is 25.3 Å². The van der Waals surface area contributed by atoms with E-state index in [1.807, 2.05) is 30.5 Å². The predicted octanol–water partition coefficient (Wildman–Crippen LogP) is 3.80. The van der Waals surface area contributed by atoms with E-state index in [9.17, 15) is 14.7 Å². The van der Waals surface area contributed by atoms with Gasteiger partial charge < -0.3 is 25.2 Å². The largest absolute Gasteiger partial charge is 0.505 e. The average molecular weight is 421 g/mol. The molecule has 0 saturated heterocycles. The third kappa shape index (κ3) is 2.66. The summed E-state index contributed by atoms with van der Waals surface area (Å²) in [5.74, 6) is -1.22. The van der Waals surface area contributed by atoms with Crippen LogP contribution >= 0.6 is 15.9 Å². The summed E-state index contributed by atoms with van der Waals surface area (Å²) in [5.41, 5.74) is 10.2. The van der Waals surface area contributed by atoms with Gasteiger partial charge in [-0.25, -0.2) is 4.39 Å². The molecule has 0 aliphatic heterocycles. The Kier molecular flexibility index (Phi) is 4.53. The van der Waals surface area contributed by atoms with Crippen LogP contribution in [0, 0.1) is 19.7 Å². The lowest BCUT2D eigenvalue weighted by atomic mass is 10.1. The van der Waals surface area contributed by atoms with Gasteiger partial charge in [-0.2, -0.15) is 0 Å². The molecule has 0 spiro atoms. The van der Waals surface area contributed by atoms with E-state index in [2.05, 4.69) is 21.1 Å². The molecule has 4 N–H and O–H groups in total. The van der Waals surface area contributed by atoms with E-state index >= 15 is 0 Å². The highest BCUT2D eigenvalue weighted by atomic mass is 79.9. The molecule has 3 aromatic rings. The van der Waals surface area contributed by atoms with Crippen molar-refractivity contribution in [1.82, 2.24) is 9.13 Å². The lowest BCUT2D eigenvalue weighted by molar-refractivity contribution is 0.318. The SMILES string of the molecule is Cc1ccc(C)n1-c1c(-c2ccc(O)c(F)c2)c(Br)n(C)c1C(N)=NO. The molecule has 0 radical (unpaired) electrons. The van der Waals surface area contributed by atoms with Gasteiger partial charge in [0.15, 0.2) is 17.4 Å². The Morgan fingerprint density at radius 3 is 2.35 bits per heavy atom. The molecule has 0 aliphatic rings. The second-order valence-electron chi connectivity index (χ2n) is 6.02. The first-order valence-corrected chi connectivity index (χ1v) is 8.57. The standard InChI is InChI=1S/C18H18BrFN4O2/c1-9-4-5-10(2)24(9)15-14(11-6-7-13(25)12(20)8-11)17(19)23(3)16(15)18(21)22-26/h4-8,25-26H,1-3H3,(H2,21,22). The van der Waals surface area contributed by atoms with E-state index in [1.165, 1.54) is 12.1 Å². The van der Waals surface area contributed by atoms with Gasteiger partial charge in [-0.05, 0) is 59.6 Å². The van der Waals surface area contributed by atoms with Crippen molar-refractivity contribution in [3.05, 3.63) is 57.8 Å². The van der Waals surface area contributed by atoms with Crippen LogP contribution in [-0.2, 0) is 7.05 Å². The molecule has 0 atom stereocenters. The molecule has 0 aliphatic carbocycles. The number of oxime groups is 1. The van der Waals surface area contributed by atoms with Crippen LogP contribution in [0.2, 0.25) is 0 Å². The fourth-order valence-electron chi connectivity index (χ4n) is 3.14. The highest BCUT2D eigenvalue weighted by Crippen LogP contribution is 2.40. The number of phenols is 1. The van der Waals surface area contributed by atoms with Gasteiger partial charge in [-0.3, -0.25) is 0 Å². The summed E-state index contributed by atoms with van der Waals surface area (Å²) < 4.78 is 18.3. The predicted molar refractivity (Wildman–Crippen MR) is 101 cm³/mol. The van der Waals surface area contributed by atoms with Crippen molar-refractivity contribution in [2.24, 2.45) is 17.9 Å². The van der Waals surface area contributed by atoms with Crippen LogP contribution < -0.4 is 5.73 Å². The molecule has 26 heavy (non-hydrogen) atoms. The number of aryl methyl sites for hydroxylation is 2. The lowest BCUT2D eigenvalue weighted by Crippen LogP contribution is -2.20. The molecule has 2 aromatic heterocycles. The van der Waals surface area contributed by atoms with Crippen molar-refractivity contribution < 1.29 is 14.7 Å². The molecule has 0 bridgehead atoms. The number of aromatic nitrogens is 2. The Hall–Kier alpha value is -2.74. The summed E-state index contributed by atoms with van der Waals surface area (Å²) in [7, 11) is 1.76. The number of rotatable bonds is 3. The van der Waals surface area contributed by atoms with Gasteiger partial charge in [0.1, 0.15) is 5.69 Å². The molecule has 2 heterocycles. The summed E-state index contributed by atoms with van der Waals surface area (Å²) in [5, 5.41) is 21.9. The number of halogens is 2. The van der Waals surface area contributed by atoms with E-state index in [0.29, 0.717) is 27.1 Å². The van der Waals surface area contributed by atoms with E-state index < -0.39 is 11.6 Å². The molecule has 8 heteroatoms. The highest BCUT2D eigenvalue weighted by molar-refractivity contribution is 9.10. The first-order chi connectivity index (χ1) is 12.3. The van der Waals surface area contributed by atoms with E-state index in [-0.39, 0.29) is 5.84 Å². The van der Waals surface area contributed by atoms with Crippen LogP contribution in [0.15, 0.2) is 40.1 Å². The number of hydrogen-bond donors (Lipinski definition) is 3. The number of amidine groups is 1. The Morgan fingerprint density at radius 2 is 1.81 bits per heavy atom. The number of hydrogen-bond acceptors (Lipinski definition) is 3. The zero-order chi connectivity index (χ0) is 19.2. The number of phenolic OH excluding ortho intramolecular Hbond substituents is 1. The molecule has 136 valence electrons. The molecule has 0 saturated carbocycles. The van der Waals surface area contributed by atoms with Gasteiger partial charge >= 0.3 is 0 Å². The van der Waals surface area contributed by atoms with E-state index in [4.69, 9.17) is 5.73 Å². The normalized spacial score (nSPS) is 12.0. The minimum Gasteiger partial charge on any atom is -0.505 e. The van der Waals surface area contributed by atoms with Crippen molar-refractivity contribution in [3.63, 3.8) is 0 Å². The Morgan fingerprint density at radius 1 is 1.19 bits per heavy atom. The molecular formula is C18H18BrFN4O2. The molecule has 1 aromatic carbocycles. The Labute approximate surface area is 158 Å². The second-order valence-corrected chi connectivity index (χ2v) is 6.78. The quantitative estimate of drug-likeness (QED) is 0.260. The van der Waals surface area contributed by atoms with Gasteiger partial charge in [0.25, 0.3) is 0 Å². The van der Waals surface area contributed by atoms with Crippen molar-refractivity contribution in [3.8, 4) is 22.6 Å². The molecule has 3 rings (SSSR count). The number of nitrogens with two attached hydrogens (primary N) is 1. The number of benzene rings is 1. The van der Waals surface area contributed by atoms with Crippen LogP contribution in [0.3, 0.4) is 0 Å². The average Bonchev–Trinajstić information content (AvgIpc) is 3.06. The summed E-state index contributed by atoms with van der Waals surface area (Å²) in [4.78, 5) is 0. The third-order valence-corrected chi connectivity index (χ3v) is 5.31. The molecule has 6 nitrogen and oxygen atoms in total.